The molecule has 0 saturated heterocycles. The minimum Gasteiger partial charge on any atom is -0.397 e. The van der Waals surface area contributed by atoms with E-state index in [4.69, 9.17) is 28.9 Å². The van der Waals surface area contributed by atoms with E-state index in [9.17, 15) is 4.39 Å². The number of benzene rings is 2. The first kappa shape index (κ1) is 14.0. The van der Waals surface area contributed by atoms with Gasteiger partial charge in [0.05, 0.1) is 21.4 Å². The summed E-state index contributed by atoms with van der Waals surface area (Å²) in [4.78, 5) is 0. The Balaban J connectivity index is 1.96. The van der Waals surface area contributed by atoms with Crippen LogP contribution in [0, 0.1) is 5.82 Å². The van der Waals surface area contributed by atoms with Gasteiger partial charge in [-0.2, -0.15) is 0 Å². The summed E-state index contributed by atoms with van der Waals surface area (Å²) in [5.41, 5.74) is 8.18. The largest absolute Gasteiger partial charge is 0.397 e. The van der Waals surface area contributed by atoms with Crippen LogP contribution in [-0.4, -0.2) is 6.54 Å². The summed E-state index contributed by atoms with van der Waals surface area (Å²) >= 11 is 11.8. The van der Waals surface area contributed by atoms with E-state index in [-0.39, 0.29) is 5.82 Å². The van der Waals surface area contributed by atoms with Crippen LogP contribution in [0.3, 0.4) is 0 Å². The average molecular weight is 299 g/mol. The standard InChI is InChI=1S/C14H13Cl2FN2/c15-11-7-13(18)14(8-12(11)16)19-6-5-9-1-3-10(17)4-2-9/h1-4,7-8,19H,5-6,18H2. The maximum absolute atomic E-state index is 12.7. The fraction of sp³-hybridized carbons (Fsp3) is 0.143. The van der Waals surface area contributed by atoms with E-state index in [0.717, 1.165) is 17.7 Å². The Morgan fingerprint density at radius 2 is 1.68 bits per heavy atom. The Bertz CT molecular complexity index is 570. The summed E-state index contributed by atoms with van der Waals surface area (Å²) in [7, 11) is 0. The van der Waals surface area contributed by atoms with Crippen molar-refractivity contribution in [1.82, 2.24) is 0 Å². The van der Waals surface area contributed by atoms with Crippen LogP contribution < -0.4 is 11.1 Å². The highest BCUT2D eigenvalue weighted by Crippen LogP contribution is 2.30. The number of nitrogens with one attached hydrogen (secondary N) is 1. The van der Waals surface area contributed by atoms with Crippen molar-refractivity contribution in [2.24, 2.45) is 0 Å². The van der Waals surface area contributed by atoms with Crippen molar-refractivity contribution in [2.75, 3.05) is 17.6 Å². The third-order valence-electron chi connectivity index (χ3n) is 2.73. The van der Waals surface area contributed by atoms with Gasteiger partial charge in [0.2, 0.25) is 0 Å². The number of anilines is 2. The summed E-state index contributed by atoms with van der Waals surface area (Å²) in [6, 6.07) is 9.73. The van der Waals surface area contributed by atoms with Gasteiger partial charge in [0.1, 0.15) is 5.82 Å². The average Bonchev–Trinajstić information content (AvgIpc) is 2.38. The number of hydrogen-bond donors (Lipinski definition) is 2. The number of nitrogens with two attached hydrogens (primary N) is 1. The van der Waals surface area contributed by atoms with Crippen LogP contribution in [0.5, 0.6) is 0 Å². The number of halogens is 3. The van der Waals surface area contributed by atoms with Gasteiger partial charge in [-0.3, -0.25) is 0 Å². The molecule has 0 aliphatic carbocycles. The van der Waals surface area contributed by atoms with E-state index in [0.29, 0.717) is 22.3 Å². The molecule has 2 aromatic rings. The molecule has 5 heteroatoms. The molecule has 0 aromatic heterocycles. The van der Waals surface area contributed by atoms with E-state index >= 15 is 0 Å². The van der Waals surface area contributed by atoms with Crippen molar-refractivity contribution in [3.05, 3.63) is 57.8 Å². The summed E-state index contributed by atoms with van der Waals surface area (Å²) < 4.78 is 12.7. The van der Waals surface area contributed by atoms with Gasteiger partial charge in [0.25, 0.3) is 0 Å². The number of hydrogen-bond acceptors (Lipinski definition) is 2. The van der Waals surface area contributed by atoms with E-state index < -0.39 is 0 Å². The molecule has 0 aliphatic rings. The molecule has 0 bridgehead atoms. The van der Waals surface area contributed by atoms with Gasteiger partial charge in [-0.15, -0.1) is 0 Å². The van der Waals surface area contributed by atoms with Gasteiger partial charge in [-0.1, -0.05) is 35.3 Å². The predicted molar refractivity (Wildman–Crippen MR) is 79.5 cm³/mol. The van der Waals surface area contributed by atoms with Crippen LogP contribution >= 0.6 is 23.2 Å². The minimum absolute atomic E-state index is 0.231. The fourth-order valence-electron chi connectivity index (χ4n) is 1.71. The summed E-state index contributed by atoms with van der Waals surface area (Å²) in [6.07, 6.45) is 0.764. The second kappa shape index (κ2) is 6.13. The Hall–Kier alpha value is -1.45. The van der Waals surface area contributed by atoms with E-state index in [2.05, 4.69) is 5.32 Å². The molecule has 0 spiro atoms. The van der Waals surface area contributed by atoms with Crippen molar-refractivity contribution >= 4 is 34.6 Å². The highest BCUT2D eigenvalue weighted by atomic mass is 35.5. The summed E-state index contributed by atoms with van der Waals surface area (Å²) in [5, 5.41) is 4.07. The van der Waals surface area contributed by atoms with Gasteiger partial charge in [0, 0.05) is 6.54 Å². The van der Waals surface area contributed by atoms with Crippen LogP contribution in [-0.2, 0) is 6.42 Å². The van der Waals surface area contributed by atoms with Gasteiger partial charge in [-0.25, -0.2) is 4.39 Å². The molecule has 0 heterocycles. The first-order valence-electron chi connectivity index (χ1n) is 5.79. The van der Waals surface area contributed by atoms with Gasteiger partial charge >= 0.3 is 0 Å². The van der Waals surface area contributed by atoms with E-state index in [1.54, 1.807) is 24.3 Å². The topological polar surface area (TPSA) is 38.0 Å². The monoisotopic (exact) mass is 298 g/mol. The van der Waals surface area contributed by atoms with Crippen LogP contribution in [0.15, 0.2) is 36.4 Å². The molecule has 3 N–H and O–H groups in total. The second-order valence-corrected chi connectivity index (χ2v) is 4.97. The normalized spacial score (nSPS) is 10.5. The highest BCUT2D eigenvalue weighted by Gasteiger charge is 2.04. The predicted octanol–water partition coefficient (Wildman–Crippen LogP) is 4.37. The summed E-state index contributed by atoms with van der Waals surface area (Å²) in [6.45, 7) is 0.674. The van der Waals surface area contributed by atoms with Crippen LogP contribution in [0.2, 0.25) is 10.0 Å². The van der Waals surface area contributed by atoms with E-state index in [1.165, 1.54) is 12.1 Å². The smallest absolute Gasteiger partial charge is 0.123 e. The van der Waals surface area contributed by atoms with Crippen LogP contribution in [0.25, 0.3) is 0 Å². The van der Waals surface area contributed by atoms with Crippen molar-refractivity contribution in [3.8, 4) is 0 Å². The molecule has 0 radical (unpaired) electrons. The molecule has 0 fully saturated rings. The van der Waals surface area contributed by atoms with Gasteiger partial charge in [-0.05, 0) is 36.2 Å². The third kappa shape index (κ3) is 3.75. The van der Waals surface area contributed by atoms with Crippen LogP contribution in [0.1, 0.15) is 5.56 Å². The lowest BCUT2D eigenvalue weighted by Crippen LogP contribution is -2.07. The molecule has 0 unspecified atom stereocenters. The lowest BCUT2D eigenvalue weighted by Gasteiger charge is -2.10. The maximum Gasteiger partial charge on any atom is 0.123 e. The summed E-state index contributed by atoms with van der Waals surface area (Å²) in [5.74, 6) is -0.231. The zero-order valence-corrected chi connectivity index (χ0v) is 11.6. The lowest BCUT2D eigenvalue weighted by atomic mass is 10.1. The molecular weight excluding hydrogens is 286 g/mol. The molecule has 0 atom stereocenters. The molecular formula is C14H13Cl2FN2. The van der Waals surface area contributed by atoms with Crippen molar-refractivity contribution in [2.45, 2.75) is 6.42 Å². The molecule has 0 saturated carbocycles. The molecule has 0 aliphatic heterocycles. The zero-order valence-electron chi connectivity index (χ0n) is 10.1. The number of nitrogen functional groups attached to an aromatic ring is 1. The fourth-order valence-corrected chi connectivity index (χ4v) is 2.04. The van der Waals surface area contributed by atoms with E-state index in [1.807, 2.05) is 0 Å². The Labute approximate surface area is 121 Å². The Morgan fingerprint density at radius 3 is 2.37 bits per heavy atom. The zero-order chi connectivity index (χ0) is 13.8. The Kier molecular flexibility index (Phi) is 4.51. The van der Waals surface area contributed by atoms with Crippen molar-refractivity contribution < 1.29 is 4.39 Å². The molecule has 2 aromatic carbocycles. The first-order valence-corrected chi connectivity index (χ1v) is 6.54. The highest BCUT2D eigenvalue weighted by molar-refractivity contribution is 6.42. The van der Waals surface area contributed by atoms with Gasteiger partial charge in [0.15, 0.2) is 0 Å². The molecule has 100 valence electrons. The first-order chi connectivity index (χ1) is 9.06. The SMILES string of the molecule is Nc1cc(Cl)c(Cl)cc1NCCc1ccc(F)cc1. The molecule has 2 nitrogen and oxygen atoms in total. The quantitative estimate of drug-likeness (QED) is 0.823. The third-order valence-corrected chi connectivity index (χ3v) is 3.46. The van der Waals surface area contributed by atoms with Crippen molar-refractivity contribution in [1.29, 1.82) is 0 Å². The van der Waals surface area contributed by atoms with Gasteiger partial charge < -0.3 is 11.1 Å². The Morgan fingerprint density at radius 1 is 1.05 bits per heavy atom. The minimum atomic E-state index is -0.231. The molecule has 2 rings (SSSR count). The molecule has 0 amide bonds. The molecule has 19 heavy (non-hydrogen) atoms. The van der Waals surface area contributed by atoms with Crippen LogP contribution in [0.4, 0.5) is 15.8 Å². The maximum atomic E-state index is 12.7. The number of rotatable bonds is 4. The lowest BCUT2D eigenvalue weighted by molar-refractivity contribution is 0.627. The van der Waals surface area contributed by atoms with Crippen molar-refractivity contribution in [3.63, 3.8) is 0 Å². The second-order valence-electron chi connectivity index (χ2n) is 4.16.